The number of carbonyl (C=O) groups is 1. The van der Waals surface area contributed by atoms with Gasteiger partial charge in [-0.1, -0.05) is 12.8 Å². The van der Waals surface area contributed by atoms with Gasteiger partial charge in [-0.2, -0.15) is 5.10 Å². The van der Waals surface area contributed by atoms with Crippen molar-refractivity contribution >= 4 is 5.97 Å². The summed E-state index contributed by atoms with van der Waals surface area (Å²) in [6.07, 6.45) is 6.11. The zero-order valence-corrected chi connectivity index (χ0v) is 10.7. The average Bonchev–Trinajstić information content (AvgIpc) is 2.98. The maximum atomic E-state index is 11.0. The van der Waals surface area contributed by atoms with E-state index in [2.05, 4.69) is 10.1 Å². The second-order valence-electron chi connectivity index (χ2n) is 4.73. The molecule has 1 aromatic rings. The number of aromatic nitrogens is 3. The van der Waals surface area contributed by atoms with Crippen molar-refractivity contribution in [2.45, 2.75) is 51.7 Å². The molecule has 0 aliphatic heterocycles. The molecule has 1 aliphatic carbocycles. The van der Waals surface area contributed by atoms with Gasteiger partial charge in [0, 0.05) is 12.6 Å². The molecule has 0 saturated heterocycles. The Balaban J connectivity index is 2.06. The monoisotopic (exact) mass is 252 g/mol. The molecule has 1 N–H and O–H groups in total. The molecule has 1 saturated carbocycles. The van der Waals surface area contributed by atoms with E-state index in [-0.39, 0.29) is 6.54 Å². The van der Waals surface area contributed by atoms with E-state index in [9.17, 15) is 4.79 Å². The maximum absolute atomic E-state index is 11.0. The molecule has 1 fully saturated rings. The standard InChI is InChI=1S/C12H20N4O2/c1-2-16-11(13-9-14-16)7-15(8-12(17)18)10-5-3-4-6-10/h9-10H,2-8H2,1H3,(H,17,18). The topological polar surface area (TPSA) is 71.2 Å². The van der Waals surface area contributed by atoms with Crippen molar-refractivity contribution in [2.24, 2.45) is 0 Å². The molecule has 2 rings (SSSR count). The van der Waals surface area contributed by atoms with Gasteiger partial charge in [-0.05, 0) is 19.8 Å². The molecule has 0 aromatic carbocycles. The van der Waals surface area contributed by atoms with Gasteiger partial charge < -0.3 is 5.11 Å². The molecule has 0 atom stereocenters. The van der Waals surface area contributed by atoms with Gasteiger partial charge in [0.15, 0.2) is 0 Å². The summed E-state index contributed by atoms with van der Waals surface area (Å²) in [6.45, 7) is 3.43. The average molecular weight is 252 g/mol. The van der Waals surface area contributed by atoms with Crippen molar-refractivity contribution in [1.82, 2.24) is 19.7 Å². The van der Waals surface area contributed by atoms with Crippen LogP contribution in [0.4, 0.5) is 0 Å². The number of hydrogen-bond donors (Lipinski definition) is 1. The quantitative estimate of drug-likeness (QED) is 0.821. The molecule has 0 unspecified atom stereocenters. The van der Waals surface area contributed by atoms with E-state index in [0.717, 1.165) is 25.2 Å². The second-order valence-corrected chi connectivity index (χ2v) is 4.73. The lowest BCUT2D eigenvalue weighted by Gasteiger charge is -2.26. The Labute approximate surface area is 107 Å². The molecule has 6 nitrogen and oxygen atoms in total. The summed E-state index contributed by atoms with van der Waals surface area (Å²) >= 11 is 0. The van der Waals surface area contributed by atoms with E-state index < -0.39 is 5.97 Å². The number of aliphatic carboxylic acids is 1. The van der Waals surface area contributed by atoms with Crippen LogP contribution < -0.4 is 0 Å². The highest BCUT2D eigenvalue weighted by molar-refractivity contribution is 5.69. The van der Waals surface area contributed by atoms with Gasteiger partial charge in [-0.3, -0.25) is 9.69 Å². The van der Waals surface area contributed by atoms with Gasteiger partial charge in [-0.25, -0.2) is 9.67 Å². The van der Waals surface area contributed by atoms with Crippen LogP contribution in [0.5, 0.6) is 0 Å². The van der Waals surface area contributed by atoms with Crippen molar-refractivity contribution in [3.8, 4) is 0 Å². The lowest BCUT2D eigenvalue weighted by Crippen LogP contribution is -2.37. The third kappa shape index (κ3) is 3.07. The molecule has 0 radical (unpaired) electrons. The fourth-order valence-corrected chi connectivity index (χ4v) is 2.61. The first-order valence-corrected chi connectivity index (χ1v) is 6.53. The minimum Gasteiger partial charge on any atom is -0.480 e. The van der Waals surface area contributed by atoms with Crippen LogP contribution in [0.3, 0.4) is 0 Å². The molecule has 0 amide bonds. The van der Waals surface area contributed by atoms with Gasteiger partial charge >= 0.3 is 5.97 Å². The lowest BCUT2D eigenvalue weighted by molar-refractivity contribution is -0.139. The van der Waals surface area contributed by atoms with Gasteiger partial charge in [0.2, 0.25) is 0 Å². The smallest absolute Gasteiger partial charge is 0.317 e. The summed E-state index contributed by atoms with van der Waals surface area (Å²) in [5.41, 5.74) is 0. The largest absolute Gasteiger partial charge is 0.480 e. The Kier molecular flexibility index (Phi) is 4.30. The molecule has 0 spiro atoms. The summed E-state index contributed by atoms with van der Waals surface area (Å²) in [5, 5.41) is 13.1. The first-order valence-electron chi connectivity index (χ1n) is 6.53. The Morgan fingerprint density at radius 2 is 2.28 bits per heavy atom. The molecule has 100 valence electrons. The zero-order valence-electron chi connectivity index (χ0n) is 10.7. The highest BCUT2D eigenvalue weighted by Gasteiger charge is 2.25. The van der Waals surface area contributed by atoms with Crippen LogP contribution in [0.25, 0.3) is 0 Å². The summed E-state index contributed by atoms with van der Waals surface area (Å²) in [5.74, 6) is 0.0788. The predicted molar refractivity (Wildman–Crippen MR) is 66.0 cm³/mol. The van der Waals surface area contributed by atoms with Crippen LogP contribution in [-0.2, 0) is 17.9 Å². The van der Waals surface area contributed by atoms with Crippen molar-refractivity contribution in [2.75, 3.05) is 6.54 Å². The van der Waals surface area contributed by atoms with Crippen molar-refractivity contribution < 1.29 is 9.90 Å². The van der Waals surface area contributed by atoms with Crippen LogP contribution in [0, 0.1) is 0 Å². The summed E-state index contributed by atoms with van der Waals surface area (Å²) in [7, 11) is 0. The Hall–Kier alpha value is -1.43. The van der Waals surface area contributed by atoms with E-state index in [4.69, 9.17) is 5.11 Å². The van der Waals surface area contributed by atoms with Crippen LogP contribution in [-0.4, -0.2) is 43.3 Å². The summed E-state index contributed by atoms with van der Waals surface area (Å²) in [6, 6.07) is 0.378. The number of carboxylic acids is 1. The normalized spacial score (nSPS) is 16.6. The molecule has 1 heterocycles. The molecule has 6 heteroatoms. The number of carboxylic acid groups (broad SMARTS) is 1. The molecule has 18 heavy (non-hydrogen) atoms. The Morgan fingerprint density at radius 1 is 1.56 bits per heavy atom. The summed E-state index contributed by atoms with van der Waals surface area (Å²) < 4.78 is 1.82. The fourth-order valence-electron chi connectivity index (χ4n) is 2.61. The van der Waals surface area contributed by atoms with Crippen molar-refractivity contribution in [1.29, 1.82) is 0 Å². The number of rotatable bonds is 6. The minimum atomic E-state index is -0.774. The molecule has 1 aromatic heterocycles. The molecule has 1 aliphatic rings. The highest BCUT2D eigenvalue weighted by atomic mass is 16.4. The SMILES string of the molecule is CCn1ncnc1CN(CC(=O)O)C1CCCC1. The number of aryl methyl sites for hydroxylation is 1. The van der Waals surface area contributed by atoms with Gasteiger partial charge in [0.1, 0.15) is 12.2 Å². The van der Waals surface area contributed by atoms with E-state index in [1.807, 2.05) is 16.5 Å². The Bertz CT molecular complexity index is 399. The van der Waals surface area contributed by atoms with Gasteiger partial charge in [0.05, 0.1) is 13.1 Å². The van der Waals surface area contributed by atoms with E-state index in [0.29, 0.717) is 12.6 Å². The van der Waals surface area contributed by atoms with Gasteiger partial charge in [0.25, 0.3) is 0 Å². The highest BCUT2D eigenvalue weighted by Crippen LogP contribution is 2.24. The third-order valence-corrected chi connectivity index (χ3v) is 3.52. The minimum absolute atomic E-state index is 0.0846. The van der Waals surface area contributed by atoms with E-state index in [1.54, 1.807) is 0 Å². The van der Waals surface area contributed by atoms with Crippen LogP contribution >= 0.6 is 0 Å². The van der Waals surface area contributed by atoms with Gasteiger partial charge in [-0.15, -0.1) is 0 Å². The zero-order chi connectivity index (χ0) is 13.0. The van der Waals surface area contributed by atoms with Crippen molar-refractivity contribution in [3.63, 3.8) is 0 Å². The number of hydrogen-bond acceptors (Lipinski definition) is 4. The summed E-state index contributed by atoms with van der Waals surface area (Å²) in [4.78, 5) is 17.2. The molecular weight excluding hydrogens is 232 g/mol. The fraction of sp³-hybridized carbons (Fsp3) is 0.750. The van der Waals surface area contributed by atoms with Crippen LogP contribution in [0.1, 0.15) is 38.4 Å². The predicted octanol–water partition coefficient (Wildman–Crippen LogP) is 1.13. The third-order valence-electron chi connectivity index (χ3n) is 3.52. The lowest BCUT2D eigenvalue weighted by atomic mass is 10.2. The van der Waals surface area contributed by atoms with Crippen LogP contribution in [0.2, 0.25) is 0 Å². The van der Waals surface area contributed by atoms with Crippen molar-refractivity contribution in [3.05, 3.63) is 12.2 Å². The Morgan fingerprint density at radius 3 is 2.89 bits per heavy atom. The molecular formula is C12H20N4O2. The first-order chi connectivity index (χ1) is 8.70. The molecule has 0 bridgehead atoms. The first kappa shape index (κ1) is 13.0. The van der Waals surface area contributed by atoms with Crippen LogP contribution in [0.15, 0.2) is 6.33 Å². The maximum Gasteiger partial charge on any atom is 0.317 e. The van der Waals surface area contributed by atoms with E-state index in [1.165, 1.54) is 19.2 Å². The van der Waals surface area contributed by atoms with E-state index >= 15 is 0 Å². The number of nitrogens with zero attached hydrogens (tertiary/aromatic N) is 4. The second kappa shape index (κ2) is 5.95.